The van der Waals surface area contributed by atoms with E-state index >= 15 is 0 Å². The molecule has 190 valence electrons. The highest BCUT2D eigenvalue weighted by molar-refractivity contribution is 5.98. The molecule has 0 saturated carbocycles. The number of carbonyl (C=O) groups excluding carboxylic acids is 3. The summed E-state index contributed by atoms with van der Waals surface area (Å²) in [4.78, 5) is 51.1. The zero-order chi connectivity index (χ0) is 26.7. The fraction of sp³-hybridized carbons (Fsp3) is 0.364. The monoisotopic (exact) mass is 505 g/mol. The Labute approximate surface area is 195 Å². The predicted octanol–water partition coefficient (Wildman–Crippen LogP) is 3.38. The van der Waals surface area contributed by atoms with Gasteiger partial charge in [0.05, 0.1) is 12.5 Å². The number of benzene rings is 1. The molecule has 1 atom stereocenters. The number of halogens is 6. The van der Waals surface area contributed by atoms with Crippen LogP contribution in [0.3, 0.4) is 0 Å². The molecule has 7 nitrogen and oxygen atoms in total. The zero-order valence-electron chi connectivity index (χ0n) is 18.7. The number of H-pyrrole nitrogens is 1. The molecule has 2 N–H and O–H groups in total. The number of pyridine rings is 1. The second kappa shape index (κ2) is 10.3. The first kappa shape index (κ1) is 27.6. The van der Waals surface area contributed by atoms with Crippen LogP contribution < -0.4 is 15.8 Å². The van der Waals surface area contributed by atoms with E-state index in [0.29, 0.717) is 12.6 Å². The van der Waals surface area contributed by atoms with Gasteiger partial charge in [-0.05, 0) is 23.1 Å². The number of nitrogens with one attached hydrogen (secondary N) is 2. The lowest BCUT2D eigenvalue weighted by Crippen LogP contribution is -2.50. The molecule has 0 saturated heterocycles. The van der Waals surface area contributed by atoms with Crippen molar-refractivity contribution in [3.05, 3.63) is 52.3 Å². The molecular weight excluding hydrogens is 484 g/mol. The summed E-state index contributed by atoms with van der Waals surface area (Å²) in [5, 5.41) is 1.93. The SMILES string of the molecule is CC(C)C(NC(=O)Cc1cc(-c2ccccc2)[nH]c(=O)c1N(C)C(=O)C(F)(F)F)C(=O)C(F)(F)F. The molecule has 2 aromatic rings. The second-order valence-electron chi connectivity index (χ2n) is 7.94. The Morgan fingerprint density at radius 3 is 2.06 bits per heavy atom. The molecule has 0 bridgehead atoms. The van der Waals surface area contributed by atoms with Gasteiger partial charge in [-0.15, -0.1) is 0 Å². The molecule has 0 aliphatic carbocycles. The Kier molecular flexibility index (Phi) is 8.14. The van der Waals surface area contributed by atoms with E-state index in [0.717, 1.165) is 6.07 Å². The van der Waals surface area contributed by atoms with Gasteiger partial charge < -0.3 is 15.2 Å². The Morgan fingerprint density at radius 1 is 1.00 bits per heavy atom. The lowest BCUT2D eigenvalue weighted by atomic mass is 9.98. The molecule has 1 unspecified atom stereocenters. The molecule has 0 radical (unpaired) electrons. The van der Waals surface area contributed by atoms with Crippen LogP contribution in [0.25, 0.3) is 11.3 Å². The molecule has 0 aliphatic heterocycles. The van der Waals surface area contributed by atoms with Crippen molar-refractivity contribution < 1.29 is 40.7 Å². The van der Waals surface area contributed by atoms with Gasteiger partial charge in [0.1, 0.15) is 5.69 Å². The minimum Gasteiger partial charge on any atom is -0.345 e. The topological polar surface area (TPSA) is 99.3 Å². The van der Waals surface area contributed by atoms with Crippen molar-refractivity contribution >= 4 is 23.3 Å². The van der Waals surface area contributed by atoms with Crippen molar-refractivity contribution in [3.8, 4) is 11.3 Å². The number of anilines is 1. The van der Waals surface area contributed by atoms with Gasteiger partial charge in [-0.25, -0.2) is 0 Å². The number of amides is 2. The number of aromatic nitrogens is 1. The number of hydrogen-bond donors (Lipinski definition) is 2. The van der Waals surface area contributed by atoms with Gasteiger partial charge in [0.15, 0.2) is 0 Å². The van der Waals surface area contributed by atoms with E-state index in [-0.39, 0.29) is 16.2 Å². The van der Waals surface area contributed by atoms with Crippen molar-refractivity contribution in [1.29, 1.82) is 0 Å². The summed E-state index contributed by atoms with van der Waals surface area (Å²) >= 11 is 0. The number of ketones is 1. The van der Waals surface area contributed by atoms with Crippen LogP contribution in [-0.4, -0.2) is 48.0 Å². The number of nitrogens with zero attached hydrogens (tertiary/aromatic N) is 1. The number of hydrogen-bond acceptors (Lipinski definition) is 4. The van der Waals surface area contributed by atoms with E-state index < -0.39 is 59.6 Å². The first-order chi connectivity index (χ1) is 16.0. The zero-order valence-corrected chi connectivity index (χ0v) is 18.7. The minimum absolute atomic E-state index is 0.0109. The van der Waals surface area contributed by atoms with Crippen LogP contribution in [-0.2, 0) is 20.8 Å². The highest BCUT2D eigenvalue weighted by Gasteiger charge is 2.45. The lowest BCUT2D eigenvalue weighted by Gasteiger charge is -2.24. The normalized spacial score (nSPS) is 12.9. The Hall–Kier alpha value is -3.64. The van der Waals surface area contributed by atoms with Gasteiger partial charge >= 0.3 is 18.3 Å². The Morgan fingerprint density at radius 2 is 1.57 bits per heavy atom. The molecular formula is C22H21F6N3O4. The van der Waals surface area contributed by atoms with Crippen molar-refractivity contribution in [3.63, 3.8) is 0 Å². The fourth-order valence-corrected chi connectivity index (χ4v) is 3.28. The molecule has 0 aliphatic rings. The first-order valence-corrected chi connectivity index (χ1v) is 10.1. The van der Waals surface area contributed by atoms with Crippen LogP contribution >= 0.6 is 0 Å². The van der Waals surface area contributed by atoms with E-state index in [9.17, 15) is 45.5 Å². The molecule has 0 spiro atoms. The van der Waals surface area contributed by atoms with Crippen molar-refractivity contribution in [1.82, 2.24) is 10.3 Å². The average Bonchev–Trinajstić information content (AvgIpc) is 2.75. The average molecular weight is 505 g/mol. The van der Waals surface area contributed by atoms with Gasteiger partial charge in [-0.2, -0.15) is 26.3 Å². The van der Waals surface area contributed by atoms with Crippen molar-refractivity contribution in [2.24, 2.45) is 5.92 Å². The number of aromatic amines is 1. The third-order valence-electron chi connectivity index (χ3n) is 4.95. The number of rotatable bonds is 7. The summed E-state index contributed by atoms with van der Waals surface area (Å²) in [7, 11) is 0.675. The number of alkyl halides is 6. The third-order valence-corrected chi connectivity index (χ3v) is 4.95. The van der Waals surface area contributed by atoms with Crippen LogP contribution in [0.15, 0.2) is 41.2 Å². The standard InChI is InChI=1S/C22H21F6N3O4/c1-11(2)16(18(33)21(23,24)25)30-15(32)10-13-9-14(12-7-5-4-6-8-12)29-19(34)17(13)31(3)20(35)22(26,27)28/h4-9,11,16H,10H2,1-3H3,(H,29,34)(H,30,32). The van der Waals surface area contributed by atoms with Gasteiger partial charge in [0.25, 0.3) is 11.3 Å². The number of carbonyl (C=O) groups is 3. The highest BCUT2D eigenvalue weighted by atomic mass is 19.4. The summed E-state index contributed by atoms with van der Waals surface area (Å²) in [5.74, 6) is -6.74. The van der Waals surface area contributed by atoms with Crippen LogP contribution in [0.4, 0.5) is 32.0 Å². The molecule has 0 fully saturated rings. The van der Waals surface area contributed by atoms with E-state index in [1.807, 2.05) is 5.32 Å². The summed E-state index contributed by atoms with van der Waals surface area (Å²) < 4.78 is 77.7. The molecule has 2 amide bonds. The van der Waals surface area contributed by atoms with Crippen molar-refractivity contribution in [2.75, 3.05) is 11.9 Å². The smallest absolute Gasteiger partial charge is 0.345 e. The van der Waals surface area contributed by atoms with Crippen LogP contribution in [0, 0.1) is 5.92 Å². The number of Topliss-reactive ketones (excluding diaryl/α,β-unsaturated/α-hetero) is 1. The van der Waals surface area contributed by atoms with Gasteiger partial charge in [0.2, 0.25) is 5.91 Å². The van der Waals surface area contributed by atoms with Gasteiger partial charge in [0, 0.05) is 12.7 Å². The fourth-order valence-electron chi connectivity index (χ4n) is 3.28. The molecule has 1 aromatic carbocycles. The molecule has 1 heterocycles. The van der Waals surface area contributed by atoms with Crippen molar-refractivity contribution in [2.45, 2.75) is 38.7 Å². The summed E-state index contributed by atoms with van der Waals surface area (Å²) in [6.07, 6.45) is -11.5. The van der Waals surface area contributed by atoms with Crippen LogP contribution in [0.1, 0.15) is 19.4 Å². The maximum absolute atomic E-state index is 13.0. The van der Waals surface area contributed by atoms with Gasteiger partial charge in [-0.1, -0.05) is 44.2 Å². The molecule has 1 aromatic heterocycles. The van der Waals surface area contributed by atoms with E-state index in [1.54, 1.807) is 30.3 Å². The first-order valence-electron chi connectivity index (χ1n) is 10.1. The maximum Gasteiger partial charge on any atom is 0.471 e. The molecule has 2 rings (SSSR count). The largest absolute Gasteiger partial charge is 0.471 e. The van der Waals surface area contributed by atoms with Crippen LogP contribution in [0.2, 0.25) is 0 Å². The van der Waals surface area contributed by atoms with Gasteiger partial charge in [-0.3, -0.25) is 19.2 Å². The second-order valence-corrected chi connectivity index (χ2v) is 7.94. The lowest BCUT2D eigenvalue weighted by molar-refractivity contribution is -0.174. The summed E-state index contributed by atoms with van der Waals surface area (Å²) in [5.41, 5.74) is -1.82. The summed E-state index contributed by atoms with van der Waals surface area (Å²) in [6, 6.07) is 7.14. The maximum atomic E-state index is 13.0. The van der Waals surface area contributed by atoms with Crippen LogP contribution in [0.5, 0.6) is 0 Å². The highest BCUT2D eigenvalue weighted by Crippen LogP contribution is 2.27. The van der Waals surface area contributed by atoms with E-state index in [4.69, 9.17) is 0 Å². The third kappa shape index (κ3) is 6.70. The predicted molar refractivity (Wildman–Crippen MR) is 113 cm³/mol. The molecule has 35 heavy (non-hydrogen) atoms. The van der Waals surface area contributed by atoms with E-state index in [1.165, 1.54) is 13.8 Å². The minimum atomic E-state index is -5.35. The summed E-state index contributed by atoms with van der Waals surface area (Å²) in [6.45, 7) is 2.52. The quantitative estimate of drug-likeness (QED) is 0.564. The Balaban J connectivity index is 2.54. The van der Waals surface area contributed by atoms with E-state index in [2.05, 4.69) is 4.98 Å². The molecule has 13 heteroatoms. The Bertz CT molecular complexity index is 1160.